The van der Waals surface area contributed by atoms with Crippen LogP contribution in [0.3, 0.4) is 0 Å². The SMILES string of the molecule is CCn1cc(S(=O)(=O)N2C[C@H]([C@@H](C)CC(C)=O)Oc3ccc(NC(=O)OC(C)(C)C(F)(F)F)cc32)c(OCCO)n1. The van der Waals surface area contributed by atoms with Gasteiger partial charge in [-0.25, -0.2) is 13.2 Å². The van der Waals surface area contributed by atoms with E-state index in [4.69, 9.17) is 9.47 Å². The number of aromatic nitrogens is 2. The normalized spacial score (nSPS) is 16.4. The fraction of sp³-hybridized carbons (Fsp3) is 0.560. The summed E-state index contributed by atoms with van der Waals surface area (Å²) in [5.41, 5.74) is -2.87. The van der Waals surface area contributed by atoms with Gasteiger partial charge in [0, 0.05) is 30.8 Å². The Hall–Kier alpha value is -3.53. The molecule has 1 aliphatic heterocycles. The third kappa shape index (κ3) is 7.22. The van der Waals surface area contributed by atoms with Crippen molar-refractivity contribution in [1.29, 1.82) is 0 Å². The Kier molecular flexibility index (Phi) is 9.47. The van der Waals surface area contributed by atoms with Crippen molar-refractivity contribution in [3.8, 4) is 11.6 Å². The van der Waals surface area contributed by atoms with Gasteiger partial charge in [0.05, 0.1) is 18.8 Å². The Morgan fingerprint density at radius 3 is 2.56 bits per heavy atom. The number of carbonyl (C=O) groups is 2. The lowest BCUT2D eigenvalue weighted by Gasteiger charge is -2.37. The van der Waals surface area contributed by atoms with E-state index in [0.717, 1.165) is 4.31 Å². The van der Waals surface area contributed by atoms with Crippen LogP contribution in [0.25, 0.3) is 0 Å². The third-order valence-electron chi connectivity index (χ3n) is 6.29. The monoisotopic (exact) mass is 606 g/mol. The van der Waals surface area contributed by atoms with Gasteiger partial charge in [-0.15, -0.1) is 5.10 Å². The van der Waals surface area contributed by atoms with Crippen LogP contribution in [0, 0.1) is 5.92 Å². The van der Waals surface area contributed by atoms with Crippen LogP contribution >= 0.6 is 0 Å². The van der Waals surface area contributed by atoms with Crippen molar-refractivity contribution >= 4 is 33.3 Å². The van der Waals surface area contributed by atoms with Gasteiger partial charge in [0.25, 0.3) is 15.9 Å². The topological polar surface area (TPSA) is 149 Å². The third-order valence-corrected chi connectivity index (χ3v) is 8.05. The summed E-state index contributed by atoms with van der Waals surface area (Å²) in [5.74, 6) is -0.658. The zero-order valence-electron chi connectivity index (χ0n) is 23.2. The molecule has 3 rings (SSSR count). The Morgan fingerprint density at radius 1 is 1.29 bits per heavy atom. The Balaban J connectivity index is 2.05. The highest BCUT2D eigenvalue weighted by Crippen LogP contribution is 2.42. The Labute approximate surface area is 235 Å². The van der Waals surface area contributed by atoms with Crippen molar-refractivity contribution in [2.45, 2.75) is 70.4 Å². The van der Waals surface area contributed by atoms with Crippen molar-refractivity contribution in [2.24, 2.45) is 5.92 Å². The van der Waals surface area contributed by atoms with E-state index in [9.17, 15) is 36.3 Å². The molecule has 1 aromatic carbocycles. The number of ether oxygens (including phenoxy) is 3. The first-order valence-corrected chi connectivity index (χ1v) is 14.1. The zero-order chi connectivity index (χ0) is 30.8. The van der Waals surface area contributed by atoms with Crippen LogP contribution in [0.2, 0.25) is 0 Å². The second-order valence-electron chi connectivity index (χ2n) is 10.0. The standard InChI is InChI=1S/C25H33F3N4O8S/c1-6-31-14-21(22(30-31)38-10-9-33)41(36,37)32-13-20(15(2)11-16(3)34)39-19-8-7-17(12-18(19)32)29-23(35)40-24(4,5)25(26,27)28/h7-8,12,14-15,20,33H,6,9-11,13H2,1-5H3,(H,29,35)/t15-,20+/m0/s1. The predicted molar refractivity (Wildman–Crippen MR) is 141 cm³/mol. The molecule has 2 atom stereocenters. The number of aryl methyl sites for hydroxylation is 1. The lowest BCUT2D eigenvalue weighted by Crippen LogP contribution is -2.46. The number of ketones is 1. The maximum absolute atomic E-state index is 14.1. The zero-order valence-corrected chi connectivity index (χ0v) is 24.0. The van der Waals surface area contributed by atoms with Gasteiger partial charge in [-0.3, -0.25) is 14.3 Å². The highest BCUT2D eigenvalue weighted by Gasteiger charge is 2.51. The number of Topliss-reactive ketones (excluding diaryl/α,β-unsaturated/α-hetero) is 1. The summed E-state index contributed by atoms with van der Waals surface area (Å²) in [4.78, 5) is 23.8. The number of carbonyl (C=O) groups excluding carboxylic acids is 2. The van der Waals surface area contributed by atoms with Crippen LogP contribution in [0.1, 0.15) is 41.0 Å². The molecule has 0 radical (unpaired) electrons. The van der Waals surface area contributed by atoms with E-state index >= 15 is 0 Å². The lowest BCUT2D eigenvalue weighted by atomic mass is 9.97. The van der Waals surface area contributed by atoms with Crippen LogP contribution in [0.5, 0.6) is 11.6 Å². The number of halogens is 3. The van der Waals surface area contributed by atoms with Crippen LogP contribution in [0.4, 0.5) is 29.3 Å². The van der Waals surface area contributed by atoms with E-state index in [1.54, 1.807) is 13.8 Å². The number of rotatable bonds is 11. The van der Waals surface area contributed by atoms with Crippen LogP contribution in [-0.2, 0) is 26.1 Å². The molecular weight excluding hydrogens is 573 g/mol. The number of aliphatic hydroxyl groups excluding tert-OH is 1. The molecule has 0 saturated heterocycles. The number of anilines is 2. The molecule has 0 aliphatic carbocycles. The molecule has 2 aromatic rings. The van der Waals surface area contributed by atoms with Crippen molar-refractivity contribution in [3.63, 3.8) is 0 Å². The average Bonchev–Trinajstić information content (AvgIpc) is 3.29. The molecule has 1 amide bonds. The lowest BCUT2D eigenvalue weighted by molar-refractivity contribution is -0.242. The fourth-order valence-corrected chi connectivity index (χ4v) is 5.54. The van der Waals surface area contributed by atoms with E-state index < -0.39 is 34.0 Å². The Bertz CT molecular complexity index is 1380. The molecule has 0 fully saturated rings. The van der Waals surface area contributed by atoms with Gasteiger partial charge in [0.15, 0.2) is 4.90 Å². The summed E-state index contributed by atoms with van der Waals surface area (Å²) in [6, 6.07) is 3.89. The molecule has 0 unspecified atom stereocenters. The minimum Gasteiger partial charge on any atom is -0.486 e. The summed E-state index contributed by atoms with van der Waals surface area (Å²) in [6.45, 7) is 5.73. The van der Waals surface area contributed by atoms with Crippen LogP contribution < -0.4 is 19.1 Å². The molecule has 0 bridgehead atoms. The van der Waals surface area contributed by atoms with E-state index in [0.29, 0.717) is 20.4 Å². The molecule has 16 heteroatoms. The minimum atomic E-state index is -4.83. The fourth-order valence-electron chi connectivity index (χ4n) is 3.98. The second kappa shape index (κ2) is 12.1. The molecule has 1 aliphatic rings. The summed E-state index contributed by atoms with van der Waals surface area (Å²) in [6.07, 6.45) is -5.60. The molecule has 41 heavy (non-hydrogen) atoms. The molecule has 2 N–H and O–H groups in total. The molecule has 1 aromatic heterocycles. The van der Waals surface area contributed by atoms with Gasteiger partial charge in [-0.1, -0.05) is 6.92 Å². The largest absolute Gasteiger partial charge is 0.486 e. The van der Waals surface area contributed by atoms with Crippen molar-refractivity contribution in [2.75, 3.05) is 29.4 Å². The Morgan fingerprint density at radius 2 is 1.98 bits per heavy atom. The first-order chi connectivity index (χ1) is 19.0. The van der Waals surface area contributed by atoms with Gasteiger partial charge in [-0.05, 0) is 45.9 Å². The molecule has 2 heterocycles. The minimum absolute atomic E-state index is 0.0264. The number of hydrogen-bond acceptors (Lipinski definition) is 9. The smallest absolute Gasteiger partial charge is 0.427 e. The number of aliphatic hydroxyl groups is 1. The van der Waals surface area contributed by atoms with Crippen LogP contribution in [0.15, 0.2) is 29.3 Å². The summed E-state index contributed by atoms with van der Waals surface area (Å²) >= 11 is 0. The van der Waals surface area contributed by atoms with Gasteiger partial charge < -0.3 is 24.1 Å². The number of hydrogen-bond donors (Lipinski definition) is 2. The summed E-state index contributed by atoms with van der Waals surface area (Å²) < 4.78 is 85.9. The molecule has 12 nitrogen and oxygen atoms in total. The highest BCUT2D eigenvalue weighted by molar-refractivity contribution is 7.93. The van der Waals surface area contributed by atoms with Gasteiger partial charge in [-0.2, -0.15) is 13.2 Å². The summed E-state index contributed by atoms with van der Waals surface area (Å²) in [7, 11) is -4.43. The number of fused-ring (bicyclic) bond motifs is 1. The van der Waals surface area contributed by atoms with Crippen molar-refractivity contribution in [3.05, 3.63) is 24.4 Å². The van der Waals surface area contributed by atoms with E-state index in [2.05, 4.69) is 15.2 Å². The molecule has 228 valence electrons. The number of amides is 1. The first-order valence-electron chi connectivity index (χ1n) is 12.7. The molecular formula is C25H33F3N4O8S. The number of nitrogens with zero attached hydrogens (tertiary/aromatic N) is 3. The van der Waals surface area contributed by atoms with E-state index in [1.807, 2.05) is 0 Å². The maximum atomic E-state index is 14.1. The summed E-state index contributed by atoms with van der Waals surface area (Å²) in [5, 5.41) is 15.5. The van der Waals surface area contributed by atoms with Gasteiger partial charge >= 0.3 is 12.3 Å². The van der Waals surface area contributed by atoms with Crippen molar-refractivity contribution in [1.82, 2.24) is 9.78 Å². The first kappa shape index (κ1) is 32.0. The molecule has 0 saturated carbocycles. The van der Waals surface area contributed by atoms with Gasteiger partial charge in [0.2, 0.25) is 5.60 Å². The average molecular weight is 607 g/mol. The number of alkyl halides is 3. The van der Waals surface area contributed by atoms with Crippen molar-refractivity contribution < 1.29 is 50.5 Å². The van der Waals surface area contributed by atoms with E-state index in [-0.39, 0.29) is 65.8 Å². The molecule has 0 spiro atoms. The van der Waals surface area contributed by atoms with Gasteiger partial charge in [0.1, 0.15) is 24.2 Å². The second-order valence-corrected chi connectivity index (χ2v) is 11.8. The number of benzene rings is 1. The predicted octanol–water partition coefficient (Wildman–Crippen LogP) is 3.74. The number of sulfonamides is 1. The van der Waals surface area contributed by atoms with Crippen LogP contribution in [-0.4, -0.2) is 72.8 Å². The highest BCUT2D eigenvalue weighted by atomic mass is 32.2. The quantitative estimate of drug-likeness (QED) is 0.390. The number of nitrogens with one attached hydrogen (secondary N) is 1. The maximum Gasteiger partial charge on any atom is 0.427 e. The van der Waals surface area contributed by atoms with E-state index in [1.165, 1.54) is 36.0 Å².